The Morgan fingerprint density at radius 1 is 1.53 bits per heavy atom. The summed E-state index contributed by atoms with van der Waals surface area (Å²) < 4.78 is 21.9. The van der Waals surface area contributed by atoms with E-state index in [1.54, 1.807) is 0 Å². The molecule has 1 unspecified atom stereocenters. The molecule has 6 heteroatoms. The summed E-state index contributed by atoms with van der Waals surface area (Å²) in [5.41, 5.74) is 0. The van der Waals surface area contributed by atoms with Gasteiger partial charge < -0.3 is 4.52 Å². The monoisotopic (exact) mass is 272 g/mol. The molecule has 0 fully saturated rings. The molecular weight excluding hydrogens is 258 g/mol. The Balaban J connectivity index is 4.25. The molecule has 0 bridgehead atoms. The van der Waals surface area contributed by atoms with Gasteiger partial charge in [-0.3, -0.25) is 4.52 Å². The van der Waals surface area contributed by atoms with Gasteiger partial charge in [0.25, 0.3) is 0 Å². The van der Waals surface area contributed by atoms with Gasteiger partial charge in [-0.2, -0.15) is 0 Å². The highest BCUT2D eigenvalue weighted by atomic mass is 35.5. The van der Waals surface area contributed by atoms with Crippen molar-refractivity contribution in [2.24, 2.45) is 0 Å². The molecule has 0 radical (unpaired) electrons. The van der Waals surface area contributed by atoms with Gasteiger partial charge in [0.2, 0.25) is 0 Å². The Hall–Kier alpha value is 0.0500. The predicted molar refractivity (Wildman–Crippen MR) is 64.4 cm³/mol. The first-order chi connectivity index (χ1) is 7.04. The Morgan fingerprint density at radius 3 is 2.67 bits per heavy atom. The summed E-state index contributed by atoms with van der Waals surface area (Å²) in [6.45, 7) is 5.88. The molecule has 0 aromatic heterocycles. The Labute approximate surface area is 101 Å². The van der Waals surface area contributed by atoms with Crippen molar-refractivity contribution in [1.29, 1.82) is 0 Å². The maximum Gasteiger partial charge on any atom is 0.382 e. The zero-order chi connectivity index (χ0) is 11.7. The van der Waals surface area contributed by atoms with Gasteiger partial charge in [0.15, 0.2) is 0 Å². The molecule has 3 nitrogen and oxygen atoms in total. The van der Waals surface area contributed by atoms with Gasteiger partial charge in [0.1, 0.15) is 10.8 Å². The fourth-order valence-electron chi connectivity index (χ4n) is 0.752. The van der Waals surface area contributed by atoms with Gasteiger partial charge >= 0.3 is 7.60 Å². The molecule has 88 valence electrons. The summed E-state index contributed by atoms with van der Waals surface area (Å²) in [6.07, 6.45) is 4.40. The van der Waals surface area contributed by atoms with Gasteiger partial charge in [-0.25, -0.2) is 4.57 Å². The second-order valence-corrected chi connectivity index (χ2v) is 5.85. The Kier molecular flexibility index (Phi) is 8.26. The van der Waals surface area contributed by atoms with Gasteiger partial charge in [0.05, 0.1) is 12.8 Å². The molecule has 0 saturated heterocycles. The molecule has 0 aromatic rings. The maximum atomic E-state index is 11.9. The van der Waals surface area contributed by atoms with E-state index in [1.807, 2.05) is 6.92 Å². The fraction of sp³-hybridized carbons (Fsp3) is 0.556. The second kappa shape index (κ2) is 8.23. The zero-order valence-corrected chi connectivity index (χ0v) is 11.0. The van der Waals surface area contributed by atoms with Crippen molar-refractivity contribution < 1.29 is 13.6 Å². The van der Waals surface area contributed by atoms with Crippen molar-refractivity contribution in [3.8, 4) is 0 Å². The van der Waals surface area contributed by atoms with Crippen molar-refractivity contribution in [2.75, 3.05) is 12.8 Å². The van der Waals surface area contributed by atoms with Crippen LogP contribution >= 0.6 is 30.8 Å². The minimum Gasteiger partial charge on any atom is -0.430 e. The van der Waals surface area contributed by atoms with Crippen LogP contribution in [-0.4, -0.2) is 12.8 Å². The molecule has 0 rings (SSSR count). The van der Waals surface area contributed by atoms with Gasteiger partial charge in [-0.05, 0) is 6.42 Å². The van der Waals surface area contributed by atoms with E-state index in [9.17, 15) is 4.57 Å². The first-order valence-corrected chi connectivity index (χ1v) is 7.06. The molecule has 0 aliphatic rings. The molecule has 0 aliphatic carbocycles. The van der Waals surface area contributed by atoms with Crippen LogP contribution < -0.4 is 0 Å². The number of hydrogen-bond donors (Lipinski definition) is 0. The third-order valence-corrected chi connectivity index (χ3v) is 3.33. The molecule has 0 saturated carbocycles. The summed E-state index contributed by atoms with van der Waals surface area (Å²) in [7, 11) is -3.17. The van der Waals surface area contributed by atoms with E-state index >= 15 is 0 Å². The van der Waals surface area contributed by atoms with E-state index in [4.69, 9.17) is 32.2 Å². The first-order valence-electron chi connectivity index (χ1n) is 4.58. The minimum absolute atomic E-state index is 0.0987. The number of rotatable bonds is 8. The van der Waals surface area contributed by atoms with Crippen LogP contribution in [0, 0.1) is 0 Å². The third kappa shape index (κ3) is 7.92. The van der Waals surface area contributed by atoms with Crippen LogP contribution in [0.25, 0.3) is 0 Å². The largest absolute Gasteiger partial charge is 0.430 e. The normalized spacial score (nSPS) is 14.1. The average Bonchev–Trinajstić information content (AvgIpc) is 2.16. The van der Waals surface area contributed by atoms with Crippen molar-refractivity contribution in [1.82, 2.24) is 0 Å². The van der Waals surface area contributed by atoms with Crippen LogP contribution in [0.5, 0.6) is 0 Å². The molecule has 0 heterocycles. The number of allylic oxidation sites excluding steroid dienone is 1. The van der Waals surface area contributed by atoms with Crippen molar-refractivity contribution >= 4 is 30.8 Å². The highest BCUT2D eigenvalue weighted by molar-refractivity contribution is 7.54. The van der Waals surface area contributed by atoms with Crippen LogP contribution in [0.15, 0.2) is 23.4 Å². The van der Waals surface area contributed by atoms with Crippen molar-refractivity contribution in [2.45, 2.75) is 19.8 Å². The highest BCUT2D eigenvalue weighted by Gasteiger charge is 2.22. The fourth-order valence-corrected chi connectivity index (χ4v) is 2.21. The molecular formula is C9H15Cl2O3P. The van der Waals surface area contributed by atoms with Crippen molar-refractivity contribution in [3.05, 3.63) is 23.4 Å². The summed E-state index contributed by atoms with van der Waals surface area (Å²) >= 11 is 10.7. The first kappa shape index (κ1) is 15.0. The molecule has 0 amide bonds. The number of halogens is 2. The molecule has 15 heavy (non-hydrogen) atoms. The molecule has 0 spiro atoms. The van der Waals surface area contributed by atoms with Crippen LogP contribution in [0.4, 0.5) is 0 Å². The SMILES string of the molecule is C=CCP(=O)(OC=C(Cl)Cl)OCCCC. The van der Waals surface area contributed by atoms with Gasteiger partial charge in [-0.15, -0.1) is 6.58 Å². The quantitative estimate of drug-likeness (QED) is 0.283. The topological polar surface area (TPSA) is 35.5 Å². The lowest BCUT2D eigenvalue weighted by Crippen LogP contribution is -1.97. The van der Waals surface area contributed by atoms with Crippen LogP contribution in [0.1, 0.15) is 19.8 Å². The van der Waals surface area contributed by atoms with E-state index < -0.39 is 7.60 Å². The molecule has 0 aromatic carbocycles. The Morgan fingerprint density at radius 2 is 2.20 bits per heavy atom. The van der Waals surface area contributed by atoms with Gasteiger partial charge in [-0.1, -0.05) is 42.6 Å². The summed E-state index contributed by atoms with van der Waals surface area (Å²) in [5, 5.41) is 0. The molecule has 0 aliphatic heterocycles. The standard InChI is InChI=1S/C9H15Cl2O3P/c1-3-5-6-13-15(12,7-4-2)14-8-9(10)11/h4,8H,2-3,5-7H2,1H3. The zero-order valence-electron chi connectivity index (χ0n) is 8.62. The van der Waals surface area contributed by atoms with Crippen LogP contribution in [0.2, 0.25) is 0 Å². The second-order valence-electron chi connectivity index (χ2n) is 2.78. The lowest BCUT2D eigenvalue weighted by atomic mass is 10.4. The highest BCUT2D eigenvalue weighted by Crippen LogP contribution is 2.49. The van der Waals surface area contributed by atoms with Gasteiger partial charge in [0, 0.05) is 0 Å². The van der Waals surface area contributed by atoms with E-state index in [0.717, 1.165) is 19.1 Å². The summed E-state index contributed by atoms with van der Waals surface area (Å²) in [6, 6.07) is 0. The maximum absolute atomic E-state index is 11.9. The van der Waals surface area contributed by atoms with Crippen LogP contribution in [0.3, 0.4) is 0 Å². The van der Waals surface area contributed by atoms with Crippen molar-refractivity contribution in [3.63, 3.8) is 0 Å². The number of hydrogen-bond acceptors (Lipinski definition) is 3. The predicted octanol–water partition coefficient (Wildman–Crippen LogP) is 4.48. The smallest absolute Gasteiger partial charge is 0.382 e. The molecule has 0 N–H and O–H groups in total. The minimum atomic E-state index is -3.17. The van der Waals surface area contributed by atoms with Crippen LogP contribution in [-0.2, 0) is 13.6 Å². The van der Waals surface area contributed by atoms with E-state index in [2.05, 4.69) is 6.58 Å². The van der Waals surface area contributed by atoms with E-state index in [-0.39, 0.29) is 10.7 Å². The number of unbranched alkanes of at least 4 members (excludes halogenated alkanes) is 1. The lowest BCUT2D eigenvalue weighted by molar-refractivity contribution is 0.247. The molecule has 1 atom stereocenters. The third-order valence-electron chi connectivity index (χ3n) is 1.44. The summed E-state index contributed by atoms with van der Waals surface area (Å²) in [4.78, 5) is 0. The summed E-state index contributed by atoms with van der Waals surface area (Å²) in [5.74, 6) is 0. The van der Waals surface area contributed by atoms with E-state index in [0.29, 0.717) is 6.61 Å². The Bertz CT molecular complexity index is 262. The average molecular weight is 273 g/mol. The lowest BCUT2D eigenvalue weighted by Gasteiger charge is -2.15. The van der Waals surface area contributed by atoms with E-state index in [1.165, 1.54) is 6.08 Å².